The first-order valence-electron chi connectivity index (χ1n) is 9.74. The Morgan fingerprint density at radius 3 is 2.53 bits per heavy atom. The van der Waals surface area contributed by atoms with Crippen LogP contribution < -0.4 is 5.43 Å². The molecule has 2 aromatic carbocycles. The monoisotopic (exact) mass is 538 g/mol. The Hall–Kier alpha value is -3.60. The zero-order chi connectivity index (χ0) is 22.1. The van der Waals surface area contributed by atoms with E-state index in [0.717, 1.165) is 5.56 Å². The van der Waals surface area contributed by atoms with Crippen molar-refractivity contribution in [1.82, 2.24) is 25.6 Å². The minimum Gasteiger partial charge on any atom is -0.277 e. The van der Waals surface area contributed by atoms with Crippen molar-refractivity contribution in [1.29, 1.82) is 0 Å². The van der Waals surface area contributed by atoms with E-state index in [9.17, 15) is 9.18 Å². The second-order valence-corrected chi connectivity index (χ2v) is 8.21. The number of halogens is 2. The lowest BCUT2D eigenvalue weighted by atomic mass is 10.1. The van der Waals surface area contributed by atoms with E-state index in [-0.39, 0.29) is 15.8 Å². The van der Waals surface area contributed by atoms with Crippen molar-refractivity contribution in [3.8, 4) is 11.3 Å². The van der Waals surface area contributed by atoms with Gasteiger partial charge in [-0.2, -0.15) is 5.10 Å². The van der Waals surface area contributed by atoms with Gasteiger partial charge in [0, 0.05) is 29.1 Å². The second-order valence-electron chi connectivity index (χ2n) is 7.03. The van der Waals surface area contributed by atoms with Crippen LogP contribution in [0.5, 0.6) is 0 Å². The van der Waals surface area contributed by atoms with Crippen LogP contribution in [0.4, 0.5) is 10.1 Å². The van der Waals surface area contributed by atoms with E-state index in [4.69, 9.17) is 4.99 Å². The van der Waals surface area contributed by atoms with Crippen LogP contribution in [0.1, 0.15) is 25.7 Å². The van der Waals surface area contributed by atoms with Crippen LogP contribution in [0.3, 0.4) is 0 Å². The van der Waals surface area contributed by atoms with Crippen LogP contribution >= 0.6 is 22.6 Å². The third kappa shape index (κ3) is 3.75. The number of fused-ring (bicyclic) bond motifs is 1. The summed E-state index contributed by atoms with van der Waals surface area (Å²) in [6, 6.07) is 19.1. The minimum absolute atomic E-state index is 0.286. The first-order chi connectivity index (χ1) is 15.6. The lowest BCUT2D eigenvalue weighted by Crippen LogP contribution is -2.48. The molecule has 2 N–H and O–H groups in total. The smallest absolute Gasteiger partial charge is 0.269 e. The molecule has 9 heteroatoms. The molecule has 7 nitrogen and oxygen atoms in total. The lowest BCUT2D eigenvalue weighted by molar-refractivity contribution is 0.0864. The summed E-state index contributed by atoms with van der Waals surface area (Å²) in [5, 5.41) is 9.13. The van der Waals surface area contributed by atoms with Gasteiger partial charge in [0.1, 0.15) is 21.2 Å². The number of nitrogens with zero attached hydrogens (tertiary/aromatic N) is 4. The molecule has 1 aliphatic rings. The normalized spacial score (nSPS) is 15.1. The number of amides is 1. The summed E-state index contributed by atoms with van der Waals surface area (Å²) < 4.78 is 13.5. The fraction of sp³-hybridized carbons (Fsp3) is 0.0435. The number of carbonyl (C=O) groups is 1. The van der Waals surface area contributed by atoms with E-state index >= 15 is 0 Å². The summed E-state index contributed by atoms with van der Waals surface area (Å²) in [7, 11) is 0. The zero-order valence-electron chi connectivity index (χ0n) is 16.5. The maximum absolute atomic E-state index is 13.8. The van der Waals surface area contributed by atoms with Crippen LogP contribution in [0.25, 0.3) is 11.3 Å². The Balaban J connectivity index is 1.60. The van der Waals surface area contributed by atoms with Gasteiger partial charge >= 0.3 is 0 Å². The highest BCUT2D eigenvalue weighted by Gasteiger charge is 2.34. The molecule has 1 amide bonds. The van der Waals surface area contributed by atoms with Crippen molar-refractivity contribution >= 4 is 40.0 Å². The van der Waals surface area contributed by atoms with Crippen molar-refractivity contribution in [3.63, 3.8) is 0 Å². The predicted octanol–water partition coefficient (Wildman–Crippen LogP) is 4.78. The third-order valence-corrected chi connectivity index (χ3v) is 6.15. The molecule has 0 bridgehead atoms. The standard InChI is InChI=1S/C23H16FIN6O/c24-17-8-4-7-16(13-17)18-19-20(29-28-18)21(25)31(22(27-19)14-5-2-1-3-6-14)30-23(32)15-9-11-26-12-10-15/h1-13,21H,(H,28,29)(H,30,32). The molecule has 3 heterocycles. The van der Waals surface area contributed by atoms with Gasteiger partial charge in [0.05, 0.1) is 5.69 Å². The summed E-state index contributed by atoms with van der Waals surface area (Å²) in [4.78, 5) is 21.7. The van der Waals surface area contributed by atoms with Gasteiger partial charge < -0.3 is 0 Å². The largest absolute Gasteiger partial charge is 0.277 e. The SMILES string of the molecule is O=C(NN1C(c2ccccc2)=Nc2c(-c3cccc(F)c3)n[nH]c2C1I)c1ccncc1. The van der Waals surface area contributed by atoms with Crippen LogP contribution in [-0.2, 0) is 0 Å². The number of pyridine rings is 1. The molecule has 0 saturated carbocycles. The number of aromatic nitrogens is 3. The molecule has 1 unspecified atom stereocenters. The number of rotatable bonds is 4. The summed E-state index contributed by atoms with van der Waals surface area (Å²) in [6.45, 7) is 0. The molecule has 2 aromatic heterocycles. The number of carbonyl (C=O) groups excluding carboxylic acids is 1. The maximum Gasteiger partial charge on any atom is 0.269 e. The zero-order valence-corrected chi connectivity index (χ0v) is 18.7. The Morgan fingerprint density at radius 2 is 1.78 bits per heavy atom. The number of hydrogen-bond donors (Lipinski definition) is 2. The molecule has 0 aliphatic carbocycles. The summed E-state index contributed by atoms with van der Waals surface area (Å²) in [5.74, 6) is -0.0791. The average molecular weight is 538 g/mol. The Labute approximate surface area is 196 Å². The number of hydrogen-bond acceptors (Lipinski definition) is 5. The lowest BCUT2D eigenvalue weighted by Gasteiger charge is -2.33. The highest BCUT2D eigenvalue weighted by Crippen LogP contribution is 2.43. The summed E-state index contributed by atoms with van der Waals surface area (Å²) in [5.41, 5.74) is 6.75. The minimum atomic E-state index is -0.348. The second kappa shape index (κ2) is 8.50. The van der Waals surface area contributed by atoms with Gasteiger partial charge in [-0.05, 0) is 46.9 Å². The fourth-order valence-electron chi connectivity index (χ4n) is 3.44. The Morgan fingerprint density at radius 1 is 1.03 bits per heavy atom. The van der Waals surface area contributed by atoms with Gasteiger partial charge in [0.15, 0.2) is 5.84 Å². The van der Waals surface area contributed by atoms with Gasteiger partial charge in [-0.15, -0.1) is 0 Å². The fourth-order valence-corrected chi connectivity index (χ4v) is 4.28. The van der Waals surface area contributed by atoms with Gasteiger partial charge in [-0.3, -0.25) is 20.3 Å². The average Bonchev–Trinajstić information content (AvgIpc) is 3.26. The van der Waals surface area contributed by atoms with Gasteiger partial charge in [0.25, 0.3) is 5.91 Å². The molecule has 5 rings (SSSR count). The number of aliphatic imine (C=N–C) groups is 1. The van der Waals surface area contributed by atoms with E-state index in [0.29, 0.717) is 34.0 Å². The highest BCUT2D eigenvalue weighted by molar-refractivity contribution is 14.1. The molecule has 0 fully saturated rings. The van der Waals surface area contributed by atoms with Crippen molar-refractivity contribution < 1.29 is 9.18 Å². The first-order valence-corrected chi connectivity index (χ1v) is 11.0. The molecular weight excluding hydrogens is 522 g/mol. The highest BCUT2D eigenvalue weighted by atomic mass is 127. The predicted molar refractivity (Wildman–Crippen MR) is 127 cm³/mol. The van der Waals surface area contributed by atoms with Gasteiger partial charge in [-0.1, -0.05) is 42.5 Å². The first kappa shape index (κ1) is 20.3. The molecule has 0 radical (unpaired) electrons. The molecule has 158 valence electrons. The number of aromatic amines is 1. The van der Waals surface area contributed by atoms with Crippen molar-refractivity contribution in [3.05, 3.63) is 102 Å². The van der Waals surface area contributed by atoms with Crippen LogP contribution in [0.2, 0.25) is 0 Å². The van der Waals surface area contributed by atoms with Crippen molar-refractivity contribution in [2.75, 3.05) is 0 Å². The van der Waals surface area contributed by atoms with Gasteiger partial charge in [0.2, 0.25) is 0 Å². The van der Waals surface area contributed by atoms with Crippen LogP contribution in [-0.4, -0.2) is 31.9 Å². The van der Waals surface area contributed by atoms with Crippen LogP contribution in [0, 0.1) is 5.82 Å². The third-order valence-electron chi connectivity index (χ3n) is 4.97. The van der Waals surface area contributed by atoms with E-state index in [1.807, 2.05) is 30.3 Å². The molecule has 1 atom stereocenters. The van der Waals surface area contributed by atoms with E-state index in [1.54, 1.807) is 41.7 Å². The number of H-pyrrole nitrogens is 1. The van der Waals surface area contributed by atoms with Crippen molar-refractivity contribution in [2.45, 2.75) is 4.05 Å². The Kier molecular flexibility index (Phi) is 5.39. The molecular formula is C23H16FIN6O. The number of amidine groups is 1. The summed E-state index contributed by atoms with van der Waals surface area (Å²) in [6.07, 6.45) is 3.13. The molecule has 1 aliphatic heterocycles. The van der Waals surface area contributed by atoms with E-state index < -0.39 is 0 Å². The molecule has 0 saturated heterocycles. The van der Waals surface area contributed by atoms with Crippen LogP contribution in [0.15, 0.2) is 84.1 Å². The molecule has 4 aromatic rings. The molecule has 32 heavy (non-hydrogen) atoms. The van der Waals surface area contributed by atoms with E-state index in [1.165, 1.54) is 12.1 Å². The maximum atomic E-state index is 13.8. The van der Waals surface area contributed by atoms with Crippen molar-refractivity contribution in [2.24, 2.45) is 4.99 Å². The number of alkyl halides is 1. The van der Waals surface area contributed by atoms with E-state index in [2.05, 4.69) is 43.2 Å². The van der Waals surface area contributed by atoms with Gasteiger partial charge in [-0.25, -0.2) is 14.4 Å². The number of benzene rings is 2. The Bertz CT molecular complexity index is 1310. The number of nitrogens with one attached hydrogen (secondary N) is 2. The number of hydrazine groups is 1. The quantitative estimate of drug-likeness (QED) is 0.223. The topological polar surface area (TPSA) is 86.3 Å². The summed E-state index contributed by atoms with van der Waals surface area (Å²) >= 11 is 2.22. The molecule has 0 spiro atoms.